The highest BCUT2D eigenvalue weighted by atomic mass is 15.3. The van der Waals surface area contributed by atoms with Crippen molar-refractivity contribution in [3.8, 4) is 11.1 Å². The van der Waals surface area contributed by atoms with Crippen LogP contribution in [0.3, 0.4) is 0 Å². The number of allylic oxidation sites excluding steroid dienone is 2. The summed E-state index contributed by atoms with van der Waals surface area (Å²) in [7, 11) is 0. The van der Waals surface area contributed by atoms with Crippen LogP contribution in [-0.2, 0) is 0 Å². The second kappa shape index (κ2) is 7.55. The summed E-state index contributed by atoms with van der Waals surface area (Å²) < 4.78 is 4.12. The fourth-order valence-electron chi connectivity index (χ4n) is 4.40. The van der Waals surface area contributed by atoms with Crippen LogP contribution in [0.15, 0.2) is 42.9 Å². The molecule has 0 atom stereocenters. The minimum atomic E-state index is 0. The van der Waals surface area contributed by atoms with E-state index in [9.17, 15) is 0 Å². The Morgan fingerprint density at radius 3 is 2.67 bits per heavy atom. The summed E-state index contributed by atoms with van der Waals surface area (Å²) in [5.74, 6) is 1.66. The molecule has 0 saturated carbocycles. The van der Waals surface area contributed by atoms with Crippen molar-refractivity contribution in [3.63, 3.8) is 0 Å². The Morgan fingerprint density at radius 1 is 1.10 bits per heavy atom. The lowest BCUT2D eigenvalue weighted by molar-refractivity contribution is 0.600. The van der Waals surface area contributed by atoms with Gasteiger partial charge in [-0.1, -0.05) is 12.2 Å². The first-order valence-electron chi connectivity index (χ1n) is 10.7. The van der Waals surface area contributed by atoms with Crippen molar-refractivity contribution >= 4 is 22.6 Å². The van der Waals surface area contributed by atoms with Gasteiger partial charge in [-0.3, -0.25) is 0 Å². The van der Waals surface area contributed by atoms with Crippen LogP contribution in [-0.4, -0.2) is 35.2 Å². The van der Waals surface area contributed by atoms with Crippen molar-refractivity contribution in [3.05, 3.63) is 48.7 Å². The van der Waals surface area contributed by atoms with Gasteiger partial charge in [0.15, 0.2) is 5.65 Å². The van der Waals surface area contributed by atoms with E-state index in [-0.39, 0.29) is 1.43 Å². The van der Waals surface area contributed by atoms with Gasteiger partial charge >= 0.3 is 0 Å². The molecule has 0 saturated heterocycles. The third-order valence-electron chi connectivity index (χ3n) is 5.83. The molecule has 0 aromatic carbocycles. The number of hydrogen-bond donors (Lipinski definition) is 1. The van der Waals surface area contributed by atoms with E-state index in [0.717, 1.165) is 59.3 Å². The molecule has 5 rings (SSSR count). The van der Waals surface area contributed by atoms with Crippen LogP contribution in [0.25, 0.3) is 27.8 Å². The summed E-state index contributed by atoms with van der Waals surface area (Å²) in [6, 6.07) is 4.99. The van der Waals surface area contributed by atoms with Crippen molar-refractivity contribution in [1.82, 2.24) is 29.1 Å². The number of aromatic nitrogens is 6. The summed E-state index contributed by atoms with van der Waals surface area (Å²) in [6.07, 6.45) is 14.7. The maximum atomic E-state index is 4.69. The smallest absolute Gasteiger partial charge is 0.241 e. The molecule has 4 heterocycles. The Hall–Kier alpha value is -3.22. The van der Waals surface area contributed by atoms with Crippen molar-refractivity contribution in [1.29, 1.82) is 0 Å². The molecule has 4 aromatic rings. The van der Waals surface area contributed by atoms with E-state index in [0.29, 0.717) is 18.0 Å². The standard InChI is InChI=1S/C23H27N7.H2/c1-15(2)30-16(3)26-22-20(30)12-17(13-24-22)19-10-11-29-21(19)14-25-23(28-29)27-18-8-6-4-5-7-9-18;/h4-5,10-15,18H,6-9H2,1-3H3,(H,27,28);1H. The minimum Gasteiger partial charge on any atom is -0.350 e. The van der Waals surface area contributed by atoms with Crippen LogP contribution in [0.2, 0.25) is 0 Å². The average Bonchev–Trinajstić information content (AvgIpc) is 3.18. The first-order chi connectivity index (χ1) is 14.6. The second-order valence-corrected chi connectivity index (χ2v) is 8.30. The van der Waals surface area contributed by atoms with Crippen molar-refractivity contribution in [2.45, 2.75) is 58.5 Å². The van der Waals surface area contributed by atoms with Gasteiger partial charge in [0.2, 0.25) is 5.95 Å². The maximum absolute atomic E-state index is 4.69. The number of nitrogens with zero attached hydrogens (tertiary/aromatic N) is 6. The van der Waals surface area contributed by atoms with E-state index in [2.05, 4.69) is 63.0 Å². The Labute approximate surface area is 177 Å². The number of aryl methyl sites for hydroxylation is 1. The van der Waals surface area contributed by atoms with E-state index in [4.69, 9.17) is 5.10 Å². The topological polar surface area (TPSA) is 72.9 Å². The first kappa shape index (κ1) is 18.8. The van der Waals surface area contributed by atoms with Gasteiger partial charge in [0.25, 0.3) is 0 Å². The molecule has 0 aliphatic heterocycles. The summed E-state index contributed by atoms with van der Waals surface area (Å²) in [5.41, 5.74) is 4.93. The minimum absolute atomic E-state index is 0. The highest BCUT2D eigenvalue weighted by Crippen LogP contribution is 2.29. The molecule has 0 radical (unpaired) electrons. The van der Waals surface area contributed by atoms with Gasteiger partial charge in [-0.05, 0) is 58.6 Å². The van der Waals surface area contributed by atoms with Crippen LogP contribution in [0, 0.1) is 6.92 Å². The molecule has 4 aromatic heterocycles. The van der Waals surface area contributed by atoms with Gasteiger partial charge in [0.05, 0.1) is 17.2 Å². The van der Waals surface area contributed by atoms with Crippen molar-refractivity contribution in [2.24, 2.45) is 0 Å². The molecule has 0 bridgehead atoms. The predicted molar refractivity (Wildman–Crippen MR) is 122 cm³/mol. The predicted octanol–water partition coefficient (Wildman–Crippen LogP) is 5.19. The molecule has 0 fully saturated rings. The zero-order chi connectivity index (χ0) is 20.7. The Bertz CT molecular complexity index is 1230. The van der Waals surface area contributed by atoms with E-state index in [1.165, 1.54) is 0 Å². The van der Waals surface area contributed by atoms with E-state index in [1.807, 2.05) is 30.0 Å². The number of imidazole rings is 1. The van der Waals surface area contributed by atoms with Crippen LogP contribution in [0.1, 0.15) is 52.8 Å². The van der Waals surface area contributed by atoms with E-state index < -0.39 is 0 Å². The van der Waals surface area contributed by atoms with Crippen molar-refractivity contribution < 1.29 is 1.43 Å². The number of anilines is 1. The third-order valence-corrected chi connectivity index (χ3v) is 5.83. The van der Waals surface area contributed by atoms with Gasteiger partial charge in [-0.25, -0.2) is 19.5 Å². The highest BCUT2D eigenvalue weighted by Gasteiger charge is 2.15. The largest absolute Gasteiger partial charge is 0.350 e. The monoisotopic (exact) mass is 403 g/mol. The normalized spacial score (nSPS) is 15.3. The summed E-state index contributed by atoms with van der Waals surface area (Å²) in [4.78, 5) is 13.8. The van der Waals surface area contributed by atoms with Crippen LogP contribution >= 0.6 is 0 Å². The molecule has 1 aliphatic rings. The highest BCUT2D eigenvalue weighted by molar-refractivity contribution is 5.85. The SMILES string of the molecule is Cc1nc2ncc(-c3ccn4nc(NC5CCC=CCC5)ncc34)cc2n1C(C)C.[HH]. The number of hydrogen-bond acceptors (Lipinski definition) is 5. The average molecular weight is 404 g/mol. The number of rotatable bonds is 4. The first-order valence-corrected chi connectivity index (χ1v) is 10.7. The molecule has 7 heteroatoms. The Kier molecular flexibility index (Phi) is 4.73. The van der Waals surface area contributed by atoms with E-state index in [1.54, 1.807) is 0 Å². The zero-order valence-corrected chi connectivity index (χ0v) is 17.7. The van der Waals surface area contributed by atoms with Gasteiger partial charge in [0, 0.05) is 37.0 Å². The third kappa shape index (κ3) is 3.34. The van der Waals surface area contributed by atoms with Crippen LogP contribution < -0.4 is 5.32 Å². The Morgan fingerprint density at radius 2 is 1.90 bits per heavy atom. The lowest BCUT2D eigenvalue weighted by Crippen LogP contribution is -2.20. The summed E-state index contributed by atoms with van der Waals surface area (Å²) >= 11 is 0. The van der Waals surface area contributed by atoms with Gasteiger partial charge in [0.1, 0.15) is 5.82 Å². The van der Waals surface area contributed by atoms with E-state index >= 15 is 0 Å². The zero-order valence-electron chi connectivity index (χ0n) is 17.7. The molecule has 0 spiro atoms. The molecule has 7 nitrogen and oxygen atoms in total. The molecule has 156 valence electrons. The number of pyridine rings is 1. The van der Waals surface area contributed by atoms with Gasteiger partial charge in [-0.15, -0.1) is 5.10 Å². The molecule has 1 aliphatic carbocycles. The van der Waals surface area contributed by atoms with Crippen LogP contribution in [0.4, 0.5) is 5.95 Å². The fourth-order valence-corrected chi connectivity index (χ4v) is 4.40. The molecule has 0 amide bonds. The second-order valence-electron chi connectivity index (χ2n) is 8.30. The molecule has 1 N–H and O–H groups in total. The summed E-state index contributed by atoms with van der Waals surface area (Å²) in [5, 5.41) is 8.20. The van der Waals surface area contributed by atoms with Gasteiger partial charge < -0.3 is 9.88 Å². The van der Waals surface area contributed by atoms with Crippen molar-refractivity contribution in [2.75, 3.05) is 5.32 Å². The summed E-state index contributed by atoms with van der Waals surface area (Å²) in [6.45, 7) is 6.37. The number of fused-ring (bicyclic) bond motifs is 2. The maximum Gasteiger partial charge on any atom is 0.241 e. The Balaban J connectivity index is 0.00000231. The molecular formula is C23H29N7. The molecule has 30 heavy (non-hydrogen) atoms. The quantitative estimate of drug-likeness (QED) is 0.475. The lowest BCUT2D eigenvalue weighted by Gasteiger charge is -2.16. The van der Waals surface area contributed by atoms with Crippen LogP contribution in [0.5, 0.6) is 0 Å². The van der Waals surface area contributed by atoms with Gasteiger partial charge in [-0.2, -0.15) is 0 Å². The molecule has 0 unspecified atom stereocenters. The lowest BCUT2D eigenvalue weighted by atomic mass is 10.1. The molecular weight excluding hydrogens is 374 g/mol. The fraction of sp³-hybridized carbons (Fsp3) is 0.391. The number of nitrogens with one attached hydrogen (secondary N) is 1.